The first-order chi connectivity index (χ1) is 16.2. The fraction of sp³-hybridized carbons (Fsp3) is 0.417. The molecule has 0 aliphatic carbocycles. The average molecular weight is 495 g/mol. The smallest absolute Gasteiger partial charge is 0.165 e. The maximum Gasteiger partial charge on any atom is 0.165 e. The molecule has 1 heterocycles. The summed E-state index contributed by atoms with van der Waals surface area (Å²) in [4.78, 5) is 0. The highest BCUT2D eigenvalue weighted by Crippen LogP contribution is 2.34. The number of aromatic nitrogens is 3. The van der Waals surface area contributed by atoms with Crippen molar-refractivity contribution in [3.63, 3.8) is 0 Å². The zero-order valence-corrected chi connectivity index (χ0v) is 19.8. The van der Waals surface area contributed by atoms with E-state index < -0.39 is 30.1 Å². The predicted octanol–water partition coefficient (Wildman–Crippen LogP) is 3.63. The van der Waals surface area contributed by atoms with Crippen molar-refractivity contribution in [3.8, 4) is 11.5 Å². The topological polar surface area (TPSA) is 89.6 Å². The quantitative estimate of drug-likeness (QED) is 0.374. The second-order valence-electron chi connectivity index (χ2n) is 8.44. The number of nitrogens with zero attached hydrogens (tertiary/aromatic N) is 3. The fourth-order valence-corrected chi connectivity index (χ4v) is 3.41. The molecule has 0 aliphatic heterocycles. The maximum atomic E-state index is 14.6. The van der Waals surface area contributed by atoms with Gasteiger partial charge in [-0.25, -0.2) is 13.5 Å². The van der Waals surface area contributed by atoms with Crippen LogP contribution in [0.2, 0.25) is 0 Å². The molecule has 2 aromatic carbocycles. The fourth-order valence-electron chi connectivity index (χ4n) is 3.32. The first-order valence-corrected chi connectivity index (χ1v) is 11.3. The second kappa shape index (κ2) is 11.6. The van der Waals surface area contributed by atoms with Gasteiger partial charge in [0.2, 0.25) is 0 Å². The van der Waals surface area contributed by atoms with Crippen LogP contribution in [0.5, 0.6) is 11.5 Å². The first-order valence-electron chi connectivity index (χ1n) is 10.8. The van der Waals surface area contributed by atoms with E-state index in [1.54, 1.807) is 18.2 Å². The number of hydrogen-bond donors (Lipinski definition) is 2. The van der Waals surface area contributed by atoms with Gasteiger partial charge in [-0.1, -0.05) is 37.3 Å². The first kappa shape index (κ1) is 25.9. The van der Waals surface area contributed by atoms with Gasteiger partial charge in [0.25, 0.3) is 0 Å². The van der Waals surface area contributed by atoms with E-state index in [-0.39, 0.29) is 37.1 Å². The van der Waals surface area contributed by atoms with E-state index in [9.17, 15) is 19.0 Å². The molecule has 0 spiro atoms. The van der Waals surface area contributed by atoms with E-state index in [4.69, 9.17) is 21.1 Å². The van der Waals surface area contributed by atoms with Gasteiger partial charge in [-0.15, -0.1) is 16.7 Å². The summed E-state index contributed by atoms with van der Waals surface area (Å²) in [5.74, 6) is 0.105. The van der Waals surface area contributed by atoms with Crippen LogP contribution in [-0.4, -0.2) is 56.5 Å². The largest absolute Gasteiger partial charge is 0.491 e. The Morgan fingerprint density at radius 3 is 2.32 bits per heavy atom. The predicted molar refractivity (Wildman–Crippen MR) is 124 cm³/mol. The van der Waals surface area contributed by atoms with Crippen molar-refractivity contribution < 1.29 is 28.5 Å². The normalized spacial score (nSPS) is 13.5. The van der Waals surface area contributed by atoms with Crippen LogP contribution in [0.25, 0.3) is 0 Å². The summed E-state index contributed by atoms with van der Waals surface area (Å²) in [6, 6.07) is 12.1. The van der Waals surface area contributed by atoms with E-state index in [1.807, 2.05) is 26.0 Å². The number of alkyl halides is 2. The zero-order valence-electron chi connectivity index (χ0n) is 19.0. The summed E-state index contributed by atoms with van der Waals surface area (Å²) in [6.45, 7) is 3.31. The summed E-state index contributed by atoms with van der Waals surface area (Å²) in [7, 11) is 0. The Morgan fingerprint density at radius 1 is 1.03 bits per heavy atom. The van der Waals surface area contributed by atoms with Crippen LogP contribution in [0.15, 0.2) is 48.7 Å². The van der Waals surface area contributed by atoms with Gasteiger partial charge < -0.3 is 19.7 Å². The Morgan fingerprint density at radius 2 is 1.71 bits per heavy atom. The molecule has 3 rings (SSSR count). The third kappa shape index (κ3) is 6.65. The molecular formula is C24H28ClF2N3O4. The molecule has 2 atom stereocenters. The van der Waals surface area contributed by atoms with E-state index in [0.29, 0.717) is 5.75 Å². The average Bonchev–Trinajstić information content (AvgIpc) is 3.29. The standard InChI is InChI=1S/C24H28ClF2N3O4/c1-24(2,17-5-8-23(22(27)9-17)34-14-19(31)10-25)16-3-6-21(7-4-16)33-15-20(32)13-30-12-18(11-26)28-29-30/h3-9,12,19-20,31-32H,10-11,13-15H2,1-2H3/t19-,20-/m1/s1/i26-1. The molecule has 0 saturated heterocycles. The molecule has 7 nitrogen and oxygen atoms in total. The summed E-state index contributed by atoms with van der Waals surface area (Å²) in [5.41, 5.74) is 1.39. The highest BCUT2D eigenvalue weighted by atomic mass is 35.5. The Balaban J connectivity index is 1.59. The molecule has 0 unspecified atom stereocenters. The molecule has 0 aliphatic rings. The Hall–Kier alpha value is -2.75. The minimum absolute atomic E-state index is 0.00846. The van der Waals surface area contributed by atoms with Crippen LogP contribution in [0.4, 0.5) is 8.78 Å². The molecule has 34 heavy (non-hydrogen) atoms. The van der Waals surface area contributed by atoms with Crippen molar-refractivity contribution in [1.82, 2.24) is 15.0 Å². The Labute approximate surface area is 201 Å². The minimum Gasteiger partial charge on any atom is -0.491 e. The van der Waals surface area contributed by atoms with Gasteiger partial charge in [-0.2, -0.15) is 0 Å². The Bertz CT molecular complexity index is 1060. The highest BCUT2D eigenvalue weighted by molar-refractivity contribution is 6.18. The highest BCUT2D eigenvalue weighted by Gasteiger charge is 2.25. The van der Waals surface area contributed by atoms with Crippen LogP contribution < -0.4 is 9.47 Å². The third-order valence-corrected chi connectivity index (χ3v) is 5.76. The molecule has 0 fully saturated rings. The maximum absolute atomic E-state index is 14.6. The number of benzene rings is 2. The van der Waals surface area contributed by atoms with Crippen molar-refractivity contribution in [3.05, 3.63) is 71.3 Å². The number of hydrogen-bond acceptors (Lipinski definition) is 6. The number of halogens is 3. The van der Waals surface area contributed by atoms with Crippen LogP contribution >= 0.6 is 11.6 Å². The number of rotatable bonds is 12. The van der Waals surface area contributed by atoms with Gasteiger partial charge in [-0.05, 0) is 35.4 Å². The van der Waals surface area contributed by atoms with Crippen molar-refractivity contribution in [2.45, 2.75) is 44.7 Å². The second-order valence-corrected chi connectivity index (χ2v) is 8.75. The lowest BCUT2D eigenvalue weighted by Gasteiger charge is -2.27. The van der Waals surface area contributed by atoms with Gasteiger partial charge in [-0.3, -0.25) is 0 Å². The van der Waals surface area contributed by atoms with Crippen LogP contribution in [0, 0.1) is 5.82 Å². The van der Waals surface area contributed by atoms with Crippen molar-refractivity contribution in [2.75, 3.05) is 19.1 Å². The van der Waals surface area contributed by atoms with Gasteiger partial charge in [0.15, 0.2) is 11.6 Å². The van der Waals surface area contributed by atoms with Gasteiger partial charge >= 0.3 is 0 Å². The van der Waals surface area contributed by atoms with Crippen LogP contribution in [0.1, 0.15) is 30.7 Å². The molecule has 0 saturated carbocycles. The monoisotopic (exact) mass is 494 g/mol. The SMILES string of the molecule is CC(C)(c1ccc(OC[C@H](O)Cn2cc(C[18F])nn2)cc1)c1ccc(OC[C@H](O)CCl)c(F)c1. The molecule has 184 valence electrons. The number of aliphatic hydroxyl groups is 2. The molecule has 0 amide bonds. The lowest BCUT2D eigenvalue weighted by Crippen LogP contribution is -2.24. The lowest BCUT2D eigenvalue weighted by atomic mass is 9.78. The van der Waals surface area contributed by atoms with Crippen molar-refractivity contribution in [2.24, 2.45) is 0 Å². The molecule has 0 radical (unpaired) electrons. The van der Waals surface area contributed by atoms with Crippen molar-refractivity contribution in [1.29, 1.82) is 0 Å². The third-order valence-electron chi connectivity index (χ3n) is 5.40. The number of aliphatic hydroxyl groups excluding tert-OH is 2. The van der Waals surface area contributed by atoms with Crippen LogP contribution in [0.3, 0.4) is 0 Å². The van der Waals surface area contributed by atoms with Crippen LogP contribution in [-0.2, 0) is 18.6 Å². The lowest BCUT2D eigenvalue weighted by molar-refractivity contribution is 0.0888. The van der Waals surface area contributed by atoms with Gasteiger partial charge in [0.05, 0.1) is 18.6 Å². The van der Waals surface area contributed by atoms with E-state index in [1.165, 1.54) is 23.0 Å². The molecule has 10 heteroatoms. The van der Waals surface area contributed by atoms with E-state index in [2.05, 4.69) is 10.3 Å². The summed E-state index contributed by atoms with van der Waals surface area (Å²) >= 11 is 5.53. The molecule has 0 bridgehead atoms. The molecule has 3 aromatic rings. The van der Waals surface area contributed by atoms with Gasteiger partial charge in [0, 0.05) is 5.41 Å². The number of ether oxygens (including phenoxy) is 2. The molecule has 1 aromatic heterocycles. The minimum atomic E-state index is -0.865. The van der Waals surface area contributed by atoms with E-state index in [0.717, 1.165) is 11.1 Å². The summed E-state index contributed by atoms with van der Waals surface area (Å²) in [5, 5.41) is 27.0. The van der Waals surface area contributed by atoms with E-state index >= 15 is 0 Å². The molecule has 2 N–H and O–H groups in total. The summed E-state index contributed by atoms with van der Waals surface area (Å²) in [6.07, 6.45) is -0.277. The summed E-state index contributed by atoms with van der Waals surface area (Å²) < 4.78 is 39.4. The van der Waals surface area contributed by atoms with Gasteiger partial charge in [0.1, 0.15) is 43.5 Å². The zero-order chi connectivity index (χ0) is 24.7. The van der Waals surface area contributed by atoms with Crippen molar-refractivity contribution >= 4 is 11.6 Å². The molecular weight excluding hydrogens is 467 g/mol. The Kier molecular flexibility index (Phi) is 8.82.